The molecule has 0 spiro atoms. The molecule has 8 rings (SSSR count). The van der Waals surface area contributed by atoms with Crippen LogP contribution in [0.15, 0.2) is 170 Å². The molecule has 48 heavy (non-hydrogen) atoms. The zero-order valence-electron chi connectivity index (χ0n) is 25.7. The second-order valence-corrected chi connectivity index (χ2v) is 12.2. The van der Waals surface area contributed by atoms with Gasteiger partial charge in [-0.15, -0.1) is 0 Å². The number of hydrogen-bond donors (Lipinski definition) is 0. The van der Waals surface area contributed by atoms with Crippen LogP contribution in [0.4, 0.5) is 0 Å². The first-order chi connectivity index (χ1) is 23.7. The maximum Gasteiger partial charge on any atom is 0.162 e. The maximum absolute atomic E-state index is 7.07. The standard InChI is InChI=1S/C42H28Cl2N4/c43-36-24-14-13-23-34(36)42-46-39(31-19-9-3-10-20-31)40(32-21-11-4-12-22-32)48(42)47-28-38(30-17-7-2-8-18-30)45-41(47)35-27-33(25-26-37(35)44)29-15-5-1-6-16-29/h1-28H. The molecule has 4 nitrogen and oxygen atoms in total. The van der Waals surface area contributed by atoms with E-state index in [1.54, 1.807) is 0 Å². The van der Waals surface area contributed by atoms with Gasteiger partial charge < -0.3 is 0 Å². The minimum Gasteiger partial charge on any atom is -0.234 e. The fourth-order valence-electron chi connectivity index (χ4n) is 6.05. The van der Waals surface area contributed by atoms with Crippen LogP contribution in [-0.4, -0.2) is 19.3 Å². The summed E-state index contributed by atoms with van der Waals surface area (Å²) in [4.78, 5) is 10.7. The van der Waals surface area contributed by atoms with Crippen molar-refractivity contribution in [2.24, 2.45) is 0 Å². The molecular formula is C42H28Cl2N4. The number of benzene rings is 6. The van der Waals surface area contributed by atoms with E-state index in [0.717, 1.165) is 56.0 Å². The molecule has 0 aliphatic rings. The highest BCUT2D eigenvalue weighted by atomic mass is 35.5. The third kappa shape index (κ3) is 5.51. The van der Waals surface area contributed by atoms with E-state index in [2.05, 4.69) is 70.1 Å². The van der Waals surface area contributed by atoms with E-state index in [0.29, 0.717) is 21.7 Å². The van der Waals surface area contributed by atoms with Crippen molar-refractivity contribution in [3.63, 3.8) is 0 Å². The summed E-state index contributed by atoms with van der Waals surface area (Å²) in [5.74, 6) is 1.34. The van der Waals surface area contributed by atoms with E-state index >= 15 is 0 Å². The van der Waals surface area contributed by atoms with Gasteiger partial charge in [-0.3, -0.25) is 0 Å². The molecule has 2 heterocycles. The third-order valence-corrected chi connectivity index (χ3v) is 9.01. The normalized spacial score (nSPS) is 11.1. The summed E-state index contributed by atoms with van der Waals surface area (Å²) in [7, 11) is 0. The molecule has 6 heteroatoms. The molecule has 230 valence electrons. The third-order valence-electron chi connectivity index (χ3n) is 8.35. The van der Waals surface area contributed by atoms with Crippen LogP contribution in [-0.2, 0) is 0 Å². The number of hydrogen-bond acceptors (Lipinski definition) is 2. The van der Waals surface area contributed by atoms with Gasteiger partial charge in [0.1, 0.15) is 0 Å². The summed E-state index contributed by atoms with van der Waals surface area (Å²) in [6.45, 7) is 0. The van der Waals surface area contributed by atoms with E-state index in [-0.39, 0.29) is 0 Å². The minimum absolute atomic E-state index is 0.588. The largest absolute Gasteiger partial charge is 0.234 e. The van der Waals surface area contributed by atoms with Crippen molar-refractivity contribution >= 4 is 23.2 Å². The summed E-state index contributed by atoms with van der Waals surface area (Å²) < 4.78 is 4.19. The molecule has 0 N–H and O–H groups in total. The van der Waals surface area contributed by atoms with Crippen molar-refractivity contribution in [2.45, 2.75) is 0 Å². The smallest absolute Gasteiger partial charge is 0.162 e. The Morgan fingerprint density at radius 2 is 0.958 bits per heavy atom. The van der Waals surface area contributed by atoms with Crippen LogP contribution < -0.4 is 0 Å². The van der Waals surface area contributed by atoms with Gasteiger partial charge in [-0.25, -0.2) is 19.3 Å². The van der Waals surface area contributed by atoms with Crippen molar-refractivity contribution in [1.82, 2.24) is 19.3 Å². The minimum atomic E-state index is 0.588. The Labute approximate surface area is 289 Å². The number of aromatic nitrogens is 4. The molecule has 0 aliphatic heterocycles. The molecule has 0 amide bonds. The molecule has 0 aliphatic carbocycles. The van der Waals surface area contributed by atoms with Gasteiger partial charge in [-0.2, -0.15) is 0 Å². The number of nitrogens with zero attached hydrogens (tertiary/aromatic N) is 4. The van der Waals surface area contributed by atoms with E-state index in [4.69, 9.17) is 33.2 Å². The molecule has 8 aromatic rings. The zero-order valence-corrected chi connectivity index (χ0v) is 27.2. The van der Waals surface area contributed by atoms with Crippen LogP contribution in [0.25, 0.3) is 67.7 Å². The lowest BCUT2D eigenvalue weighted by Gasteiger charge is -2.18. The topological polar surface area (TPSA) is 35.6 Å². The molecule has 2 aromatic heterocycles. The summed E-state index contributed by atoms with van der Waals surface area (Å²) in [6.07, 6.45) is 2.05. The second-order valence-electron chi connectivity index (χ2n) is 11.4. The predicted molar refractivity (Wildman–Crippen MR) is 198 cm³/mol. The van der Waals surface area contributed by atoms with Crippen molar-refractivity contribution in [3.8, 4) is 67.7 Å². The van der Waals surface area contributed by atoms with Crippen molar-refractivity contribution < 1.29 is 0 Å². The van der Waals surface area contributed by atoms with E-state index < -0.39 is 0 Å². The van der Waals surface area contributed by atoms with Gasteiger partial charge in [-0.05, 0) is 35.4 Å². The number of imidazole rings is 2. The molecule has 0 unspecified atom stereocenters. The Kier molecular flexibility index (Phi) is 7.95. The van der Waals surface area contributed by atoms with Crippen LogP contribution >= 0.6 is 23.2 Å². The highest BCUT2D eigenvalue weighted by molar-refractivity contribution is 6.33. The van der Waals surface area contributed by atoms with Gasteiger partial charge in [0, 0.05) is 27.8 Å². The van der Waals surface area contributed by atoms with Gasteiger partial charge in [-0.1, -0.05) is 163 Å². The lowest BCUT2D eigenvalue weighted by Crippen LogP contribution is -2.13. The molecular weight excluding hydrogens is 631 g/mol. The van der Waals surface area contributed by atoms with Gasteiger partial charge in [0.15, 0.2) is 11.6 Å². The van der Waals surface area contributed by atoms with Gasteiger partial charge >= 0.3 is 0 Å². The Morgan fingerprint density at radius 3 is 1.60 bits per heavy atom. The Bertz CT molecular complexity index is 2350. The van der Waals surface area contributed by atoms with Crippen molar-refractivity contribution in [3.05, 3.63) is 180 Å². The molecule has 0 saturated heterocycles. The van der Waals surface area contributed by atoms with E-state index in [1.807, 2.05) is 109 Å². The summed E-state index contributed by atoms with van der Waals surface area (Å²) >= 11 is 14.0. The Balaban J connectivity index is 1.49. The van der Waals surface area contributed by atoms with Gasteiger partial charge in [0.25, 0.3) is 0 Å². The number of halogens is 2. The van der Waals surface area contributed by atoms with Crippen LogP contribution in [0.1, 0.15) is 0 Å². The lowest BCUT2D eigenvalue weighted by atomic mass is 10.0. The molecule has 0 saturated carbocycles. The summed E-state index contributed by atoms with van der Waals surface area (Å²) in [5, 5.41) is 1.18. The molecule has 0 fully saturated rings. The SMILES string of the molecule is Clc1ccc(-c2ccccc2)cc1-c1nc(-c2ccccc2)cn1-n1c(-c2ccccc2Cl)nc(-c2ccccc2)c1-c1ccccc1. The van der Waals surface area contributed by atoms with Crippen LogP contribution in [0.2, 0.25) is 10.0 Å². The molecule has 0 radical (unpaired) electrons. The number of rotatable bonds is 7. The second kappa shape index (κ2) is 12.8. The highest BCUT2D eigenvalue weighted by Crippen LogP contribution is 2.41. The molecule has 0 bridgehead atoms. The van der Waals surface area contributed by atoms with Gasteiger partial charge in [0.2, 0.25) is 0 Å². The van der Waals surface area contributed by atoms with Crippen molar-refractivity contribution in [2.75, 3.05) is 0 Å². The average Bonchev–Trinajstić information content (AvgIpc) is 3.76. The van der Waals surface area contributed by atoms with E-state index in [1.165, 1.54) is 0 Å². The zero-order chi connectivity index (χ0) is 32.5. The fraction of sp³-hybridized carbons (Fsp3) is 0. The highest BCUT2D eigenvalue weighted by Gasteiger charge is 2.27. The first-order valence-corrected chi connectivity index (χ1v) is 16.4. The van der Waals surface area contributed by atoms with Crippen LogP contribution in [0.3, 0.4) is 0 Å². The van der Waals surface area contributed by atoms with Crippen LogP contribution in [0.5, 0.6) is 0 Å². The first kappa shape index (κ1) is 29.7. The maximum atomic E-state index is 7.07. The quantitative estimate of drug-likeness (QED) is 0.171. The van der Waals surface area contributed by atoms with Gasteiger partial charge in [0.05, 0.1) is 33.3 Å². The monoisotopic (exact) mass is 658 g/mol. The van der Waals surface area contributed by atoms with Crippen molar-refractivity contribution in [1.29, 1.82) is 0 Å². The van der Waals surface area contributed by atoms with E-state index in [9.17, 15) is 0 Å². The summed E-state index contributed by atoms with van der Waals surface area (Å²) in [5.41, 5.74) is 9.19. The average molecular weight is 660 g/mol. The summed E-state index contributed by atoms with van der Waals surface area (Å²) in [6, 6.07) is 54.9. The Morgan fingerprint density at radius 1 is 0.417 bits per heavy atom. The van der Waals surface area contributed by atoms with Crippen LogP contribution in [0, 0.1) is 0 Å². The first-order valence-electron chi connectivity index (χ1n) is 15.6. The lowest BCUT2D eigenvalue weighted by molar-refractivity contribution is 0.680. The Hall–Kier alpha value is -5.68. The fourth-order valence-corrected chi connectivity index (χ4v) is 6.48. The molecule has 0 atom stereocenters. The molecule has 6 aromatic carbocycles. The predicted octanol–water partition coefficient (Wildman–Crippen LogP) is 11.7.